The van der Waals surface area contributed by atoms with Gasteiger partial charge in [-0.3, -0.25) is 0 Å². The highest BCUT2D eigenvalue weighted by Crippen LogP contribution is 1.99. The molecule has 72 valence electrons. The predicted octanol–water partition coefficient (Wildman–Crippen LogP) is 0.150. The summed E-state index contributed by atoms with van der Waals surface area (Å²) >= 11 is 0. The average molecular weight is 184 g/mol. The Labute approximate surface area is 68.1 Å². The van der Waals surface area contributed by atoms with Crippen molar-refractivity contribution in [2.45, 2.75) is 19.1 Å². The predicted molar refractivity (Wildman–Crippen MR) is 34.6 cm³/mol. The number of rotatable bonds is 5. The lowest BCUT2D eigenvalue weighted by molar-refractivity contribution is -0.157. The van der Waals surface area contributed by atoms with Crippen molar-refractivity contribution in [1.82, 2.24) is 0 Å². The van der Waals surface area contributed by atoms with Crippen molar-refractivity contribution in [3.8, 4) is 0 Å². The Bertz CT molecular complexity index is 140. The van der Waals surface area contributed by atoms with Gasteiger partial charge >= 0.3 is 12.6 Å². The number of hydrogen-bond acceptors (Lipinski definition) is 4. The third-order valence-corrected chi connectivity index (χ3v) is 1.11. The fourth-order valence-electron chi connectivity index (χ4n) is 0.523. The topological polar surface area (TPSA) is 55.8 Å². The van der Waals surface area contributed by atoms with Gasteiger partial charge < -0.3 is 14.6 Å². The van der Waals surface area contributed by atoms with Crippen LogP contribution in [0.15, 0.2) is 0 Å². The van der Waals surface area contributed by atoms with Gasteiger partial charge in [0.15, 0.2) is 6.10 Å². The van der Waals surface area contributed by atoms with Crippen LogP contribution in [0.5, 0.6) is 0 Å². The minimum atomic E-state index is -2.88. The minimum absolute atomic E-state index is 0.197. The number of methoxy groups -OCH3 is 1. The first-order valence-corrected chi connectivity index (χ1v) is 3.23. The van der Waals surface area contributed by atoms with Crippen LogP contribution in [-0.2, 0) is 14.3 Å². The Kier molecular flexibility index (Phi) is 5.48. The Hall–Kier alpha value is -0.750. The zero-order valence-electron chi connectivity index (χ0n) is 6.50. The van der Waals surface area contributed by atoms with E-state index in [2.05, 4.69) is 9.47 Å². The maximum atomic E-state index is 11.3. The van der Waals surface area contributed by atoms with E-state index in [0.717, 1.165) is 7.11 Å². The lowest BCUT2D eigenvalue weighted by Crippen LogP contribution is -2.23. The summed E-state index contributed by atoms with van der Waals surface area (Å²) < 4.78 is 30.6. The Morgan fingerprint density at radius 1 is 1.58 bits per heavy atom. The van der Waals surface area contributed by atoms with Gasteiger partial charge in [-0.15, -0.1) is 0 Å². The first-order chi connectivity index (χ1) is 5.57. The summed E-state index contributed by atoms with van der Waals surface area (Å²) in [6.45, 7) is -3.26. The molecule has 1 atom stereocenters. The summed E-state index contributed by atoms with van der Waals surface area (Å²) in [6, 6.07) is 0. The molecule has 0 radical (unpaired) electrons. The maximum absolute atomic E-state index is 11.3. The van der Waals surface area contributed by atoms with Gasteiger partial charge in [0.05, 0.1) is 13.7 Å². The largest absolute Gasteiger partial charge is 0.467 e. The van der Waals surface area contributed by atoms with Crippen molar-refractivity contribution < 1.29 is 28.2 Å². The van der Waals surface area contributed by atoms with Crippen molar-refractivity contribution in [3.05, 3.63) is 0 Å². The molecule has 0 aromatic heterocycles. The lowest BCUT2D eigenvalue weighted by atomic mass is 10.3. The molecule has 0 spiro atoms. The molecular weight excluding hydrogens is 174 g/mol. The standard InChI is InChI=1S/C6H10F2O4/c1-11-5(10)4(9)2-3-12-6(7)8/h4,6,9H,2-3H2,1H3/t4-/m1/s1. The second kappa shape index (κ2) is 5.84. The van der Waals surface area contributed by atoms with Crippen LogP contribution in [0.4, 0.5) is 8.78 Å². The van der Waals surface area contributed by atoms with Crippen molar-refractivity contribution in [1.29, 1.82) is 0 Å². The van der Waals surface area contributed by atoms with Crippen LogP contribution in [0.1, 0.15) is 6.42 Å². The van der Waals surface area contributed by atoms with E-state index in [1.165, 1.54) is 0 Å². The van der Waals surface area contributed by atoms with Gasteiger partial charge in [-0.05, 0) is 0 Å². The lowest BCUT2D eigenvalue weighted by Gasteiger charge is -2.07. The first-order valence-electron chi connectivity index (χ1n) is 3.23. The second-order valence-electron chi connectivity index (χ2n) is 1.96. The maximum Gasteiger partial charge on any atom is 0.345 e. The van der Waals surface area contributed by atoms with Gasteiger partial charge in [-0.2, -0.15) is 8.78 Å². The van der Waals surface area contributed by atoms with Crippen molar-refractivity contribution in [3.63, 3.8) is 0 Å². The van der Waals surface area contributed by atoms with E-state index in [-0.39, 0.29) is 13.0 Å². The van der Waals surface area contributed by atoms with Crippen LogP contribution in [0, 0.1) is 0 Å². The molecular formula is C6H10F2O4. The average Bonchev–Trinajstić information content (AvgIpc) is 2.02. The van der Waals surface area contributed by atoms with E-state index in [9.17, 15) is 13.6 Å². The van der Waals surface area contributed by atoms with Gasteiger partial charge in [-0.25, -0.2) is 4.79 Å². The zero-order valence-corrected chi connectivity index (χ0v) is 6.50. The third-order valence-electron chi connectivity index (χ3n) is 1.11. The molecule has 6 heteroatoms. The SMILES string of the molecule is COC(=O)[C@H](O)CCOC(F)F. The summed E-state index contributed by atoms with van der Waals surface area (Å²) in [7, 11) is 1.10. The number of halogens is 2. The molecule has 1 N–H and O–H groups in total. The fraction of sp³-hybridized carbons (Fsp3) is 0.833. The van der Waals surface area contributed by atoms with Gasteiger partial charge in [0.2, 0.25) is 0 Å². The number of hydrogen-bond donors (Lipinski definition) is 1. The molecule has 0 aromatic rings. The Morgan fingerprint density at radius 2 is 2.17 bits per heavy atom. The number of ether oxygens (including phenoxy) is 2. The van der Waals surface area contributed by atoms with E-state index in [1.807, 2.05) is 0 Å². The molecule has 0 amide bonds. The van der Waals surface area contributed by atoms with Crippen LogP contribution < -0.4 is 0 Å². The van der Waals surface area contributed by atoms with E-state index in [0.29, 0.717) is 0 Å². The van der Waals surface area contributed by atoms with Gasteiger partial charge in [-0.1, -0.05) is 0 Å². The first kappa shape index (κ1) is 11.2. The van der Waals surface area contributed by atoms with Gasteiger partial charge in [0.25, 0.3) is 0 Å². The van der Waals surface area contributed by atoms with Crippen LogP contribution >= 0.6 is 0 Å². The third kappa shape index (κ3) is 4.97. The Balaban J connectivity index is 3.43. The summed E-state index contributed by atoms with van der Waals surface area (Å²) in [5.74, 6) is -0.854. The van der Waals surface area contributed by atoms with Crippen LogP contribution in [-0.4, -0.2) is 37.5 Å². The van der Waals surface area contributed by atoms with E-state index < -0.39 is 18.7 Å². The van der Waals surface area contributed by atoms with Gasteiger partial charge in [0.1, 0.15) is 0 Å². The molecule has 0 heterocycles. The summed E-state index contributed by atoms with van der Waals surface area (Å²) in [5.41, 5.74) is 0. The normalized spacial score (nSPS) is 13.1. The molecule has 0 aliphatic carbocycles. The number of esters is 1. The zero-order chi connectivity index (χ0) is 9.56. The van der Waals surface area contributed by atoms with Crippen molar-refractivity contribution >= 4 is 5.97 Å². The molecule has 0 saturated heterocycles. The molecule has 0 rings (SSSR count). The fourth-order valence-corrected chi connectivity index (χ4v) is 0.523. The number of alkyl halides is 2. The summed E-state index contributed by atoms with van der Waals surface area (Å²) in [5, 5.41) is 8.83. The van der Waals surface area contributed by atoms with Crippen molar-refractivity contribution in [2.24, 2.45) is 0 Å². The highest BCUT2D eigenvalue weighted by Gasteiger charge is 2.15. The quantitative estimate of drug-likeness (QED) is 0.618. The molecule has 0 bridgehead atoms. The number of carbonyl (C=O) groups is 1. The van der Waals surface area contributed by atoms with Crippen LogP contribution in [0.25, 0.3) is 0 Å². The van der Waals surface area contributed by atoms with E-state index in [1.54, 1.807) is 0 Å². The molecule has 0 aromatic carbocycles. The summed E-state index contributed by atoms with van der Waals surface area (Å²) in [6.07, 6.45) is -1.59. The van der Waals surface area contributed by atoms with Crippen molar-refractivity contribution in [2.75, 3.05) is 13.7 Å². The monoisotopic (exact) mass is 184 g/mol. The highest BCUT2D eigenvalue weighted by molar-refractivity contribution is 5.74. The Morgan fingerprint density at radius 3 is 2.58 bits per heavy atom. The van der Waals surface area contributed by atoms with Crippen LogP contribution in [0.3, 0.4) is 0 Å². The molecule has 0 unspecified atom stereocenters. The molecule has 12 heavy (non-hydrogen) atoms. The van der Waals surface area contributed by atoms with Gasteiger partial charge in [0, 0.05) is 6.42 Å². The highest BCUT2D eigenvalue weighted by atomic mass is 19.3. The smallest absolute Gasteiger partial charge is 0.345 e. The minimum Gasteiger partial charge on any atom is -0.467 e. The van der Waals surface area contributed by atoms with E-state index >= 15 is 0 Å². The molecule has 4 nitrogen and oxygen atoms in total. The molecule has 0 fully saturated rings. The van der Waals surface area contributed by atoms with Crippen LogP contribution in [0.2, 0.25) is 0 Å². The molecule has 0 aliphatic rings. The molecule has 0 saturated carbocycles. The molecule has 0 aliphatic heterocycles. The number of aliphatic hydroxyl groups excluding tert-OH is 1. The second-order valence-corrected chi connectivity index (χ2v) is 1.96. The summed E-state index contributed by atoms with van der Waals surface area (Å²) in [4.78, 5) is 10.5. The number of aliphatic hydroxyl groups is 1. The number of carbonyl (C=O) groups excluding carboxylic acids is 1. The van der Waals surface area contributed by atoms with E-state index in [4.69, 9.17) is 5.11 Å².